The molecular weight excluding hydrogens is 336 g/mol. The van der Waals surface area contributed by atoms with Gasteiger partial charge < -0.3 is 9.72 Å². The van der Waals surface area contributed by atoms with Gasteiger partial charge in [-0.1, -0.05) is 30.0 Å². The Kier molecular flexibility index (Phi) is 5.11. The molecule has 0 spiro atoms. The summed E-state index contributed by atoms with van der Waals surface area (Å²) in [6, 6.07) is 14.7. The van der Waals surface area contributed by atoms with Crippen molar-refractivity contribution >= 4 is 11.8 Å². The van der Waals surface area contributed by atoms with Crippen LogP contribution in [0.25, 0.3) is 11.3 Å². The average Bonchev–Trinajstić information content (AvgIpc) is 2.66. The number of ether oxygens (including phenoxy) is 1. The third-order valence-electron chi connectivity index (χ3n) is 3.42. The quantitative estimate of drug-likeness (QED) is 0.562. The van der Waals surface area contributed by atoms with Gasteiger partial charge in [-0.2, -0.15) is 5.26 Å². The first kappa shape index (κ1) is 16.7. The van der Waals surface area contributed by atoms with Crippen LogP contribution in [0.5, 0.6) is 5.75 Å². The molecule has 2 heterocycles. The van der Waals surface area contributed by atoms with Gasteiger partial charge in [0.2, 0.25) is 0 Å². The Labute approximate surface area is 148 Å². The highest BCUT2D eigenvalue weighted by Crippen LogP contribution is 2.25. The highest BCUT2D eigenvalue weighted by Gasteiger charge is 2.13. The molecule has 0 radical (unpaired) electrons. The summed E-state index contributed by atoms with van der Waals surface area (Å²) in [5.74, 6) is 0.611. The fourth-order valence-electron chi connectivity index (χ4n) is 2.24. The molecule has 0 aliphatic carbocycles. The summed E-state index contributed by atoms with van der Waals surface area (Å²) in [4.78, 5) is 23.2. The summed E-state index contributed by atoms with van der Waals surface area (Å²) >= 11 is 1.31. The van der Waals surface area contributed by atoms with Gasteiger partial charge >= 0.3 is 0 Å². The van der Waals surface area contributed by atoms with E-state index in [1.807, 2.05) is 24.3 Å². The Morgan fingerprint density at radius 1 is 1.28 bits per heavy atom. The molecule has 3 aromatic rings. The van der Waals surface area contributed by atoms with Crippen molar-refractivity contribution in [3.63, 3.8) is 0 Å². The molecule has 0 bridgehead atoms. The Morgan fingerprint density at radius 3 is 2.88 bits per heavy atom. The molecule has 0 amide bonds. The number of nitrogens with one attached hydrogen (secondary N) is 1. The van der Waals surface area contributed by atoms with E-state index in [4.69, 9.17) is 4.74 Å². The molecular formula is C18H14N4O2S. The number of benzene rings is 1. The highest BCUT2D eigenvalue weighted by molar-refractivity contribution is 7.98. The molecule has 2 aromatic heterocycles. The fourth-order valence-corrected chi connectivity index (χ4v) is 2.61. The zero-order valence-electron chi connectivity index (χ0n) is 13.4. The molecule has 1 aromatic carbocycles. The van der Waals surface area contributed by atoms with E-state index in [-0.39, 0.29) is 5.56 Å². The van der Waals surface area contributed by atoms with E-state index in [0.717, 1.165) is 5.69 Å². The molecule has 0 saturated heterocycles. The zero-order valence-corrected chi connectivity index (χ0v) is 14.2. The van der Waals surface area contributed by atoms with Crippen LogP contribution < -0.4 is 10.3 Å². The standard InChI is InChI=1S/C18H14N4O2S/c1-25-18-21-16(15(10-19)17(23)22-18)12-5-4-7-14(9-12)24-11-13-6-2-3-8-20-13/h2-9H,11H2,1H3,(H,21,22,23). The number of hydrogen-bond donors (Lipinski definition) is 1. The van der Waals surface area contributed by atoms with Gasteiger partial charge in [-0.15, -0.1) is 0 Å². The van der Waals surface area contributed by atoms with Gasteiger partial charge in [0, 0.05) is 11.8 Å². The number of rotatable bonds is 5. The van der Waals surface area contributed by atoms with Gasteiger partial charge in [-0.25, -0.2) is 4.98 Å². The number of H-pyrrole nitrogens is 1. The number of nitrogens with zero attached hydrogens (tertiary/aromatic N) is 3. The van der Waals surface area contributed by atoms with Crippen LogP contribution in [-0.2, 0) is 6.61 Å². The van der Waals surface area contributed by atoms with Gasteiger partial charge in [-0.05, 0) is 30.5 Å². The molecule has 6 nitrogen and oxygen atoms in total. The van der Waals surface area contributed by atoms with Crippen LogP contribution in [0.1, 0.15) is 11.3 Å². The zero-order chi connectivity index (χ0) is 17.6. The van der Waals surface area contributed by atoms with Crippen molar-refractivity contribution in [3.05, 3.63) is 70.3 Å². The summed E-state index contributed by atoms with van der Waals surface area (Å²) in [6.07, 6.45) is 3.51. The maximum Gasteiger partial charge on any atom is 0.270 e. The minimum absolute atomic E-state index is 0.0142. The summed E-state index contributed by atoms with van der Waals surface area (Å²) in [5, 5.41) is 9.75. The normalized spacial score (nSPS) is 10.2. The lowest BCUT2D eigenvalue weighted by Crippen LogP contribution is -2.14. The Morgan fingerprint density at radius 2 is 2.16 bits per heavy atom. The second kappa shape index (κ2) is 7.64. The van der Waals surface area contributed by atoms with Crippen LogP contribution in [0.4, 0.5) is 0 Å². The first-order valence-corrected chi connectivity index (χ1v) is 8.65. The van der Waals surface area contributed by atoms with Crippen molar-refractivity contribution in [1.29, 1.82) is 5.26 Å². The van der Waals surface area contributed by atoms with Gasteiger partial charge in [0.25, 0.3) is 5.56 Å². The number of nitriles is 1. The van der Waals surface area contributed by atoms with Crippen LogP contribution in [0.15, 0.2) is 58.6 Å². The summed E-state index contributed by atoms with van der Waals surface area (Å²) in [6.45, 7) is 0.328. The van der Waals surface area contributed by atoms with Crippen LogP contribution in [-0.4, -0.2) is 21.2 Å². The van der Waals surface area contributed by atoms with Crippen LogP contribution in [0, 0.1) is 11.3 Å². The first-order valence-electron chi connectivity index (χ1n) is 7.43. The molecule has 0 unspecified atom stereocenters. The minimum Gasteiger partial charge on any atom is -0.487 e. The molecule has 1 N–H and O–H groups in total. The average molecular weight is 350 g/mol. The molecule has 25 heavy (non-hydrogen) atoms. The predicted octanol–water partition coefficient (Wildman–Crippen LogP) is 3.00. The topological polar surface area (TPSA) is 91.7 Å². The number of aromatic amines is 1. The van der Waals surface area contributed by atoms with E-state index in [0.29, 0.717) is 28.8 Å². The maximum atomic E-state index is 12.0. The van der Waals surface area contributed by atoms with Crippen LogP contribution >= 0.6 is 11.8 Å². The van der Waals surface area contributed by atoms with Crippen LogP contribution in [0.3, 0.4) is 0 Å². The van der Waals surface area contributed by atoms with Crippen molar-refractivity contribution in [2.45, 2.75) is 11.8 Å². The van der Waals surface area contributed by atoms with E-state index in [2.05, 4.69) is 15.0 Å². The summed E-state index contributed by atoms with van der Waals surface area (Å²) in [7, 11) is 0. The van der Waals surface area contributed by atoms with Crippen molar-refractivity contribution in [1.82, 2.24) is 15.0 Å². The van der Waals surface area contributed by atoms with E-state index in [1.54, 1.807) is 36.7 Å². The Balaban J connectivity index is 1.93. The molecule has 0 aliphatic heterocycles. The molecule has 0 atom stereocenters. The number of pyridine rings is 1. The maximum absolute atomic E-state index is 12.0. The fraction of sp³-hybridized carbons (Fsp3) is 0.111. The smallest absolute Gasteiger partial charge is 0.270 e. The Hall–Kier alpha value is -3.11. The molecule has 7 heteroatoms. The summed E-state index contributed by atoms with van der Waals surface area (Å²) in [5.41, 5.74) is 1.34. The molecule has 0 saturated carbocycles. The third kappa shape index (κ3) is 3.87. The van der Waals surface area contributed by atoms with Crippen molar-refractivity contribution in [2.75, 3.05) is 6.26 Å². The van der Waals surface area contributed by atoms with Gasteiger partial charge in [0.1, 0.15) is 24.0 Å². The van der Waals surface area contributed by atoms with Crippen molar-refractivity contribution in [3.8, 4) is 23.1 Å². The monoisotopic (exact) mass is 350 g/mol. The van der Waals surface area contributed by atoms with Crippen molar-refractivity contribution in [2.24, 2.45) is 0 Å². The second-order valence-electron chi connectivity index (χ2n) is 5.05. The number of thioether (sulfide) groups is 1. The first-order chi connectivity index (χ1) is 12.2. The van der Waals surface area contributed by atoms with Crippen molar-refractivity contribution < 1.29 is 4.74 Å². The minimum atomic E-state index is -0.448. The van der Waals surface area contributed by atoms with Gasteiger partial charge in [-0.3, -0.25) is 9.78 Å². The predicted molar refractivity (Wildman–Crippen MR) is 95.4 cm³/mol. The van der Waals surface area contributed by atoms with E-state index in [9.17, 15) is 10.1 Å². The largest absolute Gasteiger partial charge is 0.487 e. The van der Waals surface area contributed by atoms with Gasteiger partial charge in [0.05, 0.1) is 11.4 Å². The van der Waals surface area contributed by atoms with E-state index < -0.39 is 5.56 Å². The molecule has 0 aliphatic rings. The SMILES string of the molecule is CSc1nc(-c2cccc(OCc3ccccn3)c2)c(C#N)c(=O)[nH]1. The lowest BCUT2D eigenvalue weighted by Gasteiger charge is -2.09. The number of aromatic nitrogens is 3. The van der Waals surface area contributed by atoms with Gasteiger partial charge in [0.15, 0.2) is 5.16 Å². The Bertz CT molecular complexity index is 980. The lowest BCUT2D eigenvalue weighted by atomic mass is 10.1. The highest BCUT2D eigenvalue weighted by atomic mass is 32.2. The lowest BCUT2D eigenvalue weighted by molar-refractivity contribution is 0.301. The number of hydrogen-bond acceptors (Lipinski definition) is 6. The van der Waals surface area contributed by atoms with E-state index >= 15 is 0 Å². The summed E-state index contributed by atoms with van der Waals surface area (Å²) < 4.78 is 5.75. The second-order valence-corrected chi connectivity index (χ2v) is 5.84. The van der Waals surface area contributed by atoms with E-state index in [1.165, 1.54) is 11.8 Å². The molecule has 0 fully saturated rings. The molecule has 3 rings (SSSR count). The van der Waals surface area contributed by atoms with Crippen LogP contribution in [0.2, 0.25) is 0 Å². The molecule has 124 valence electrons. The third-order valence-corrected chi connectivity index (χ3v) is 4.00.